The predicted molar refractivity (Wildman–Crippen MR) is 236 cm³/mol. The van der Waals surface area contributed by atoms with Crippen molar-refractivity contribution in [1.82, 2.24) is 14.5 Å². The van der Waals surface area contributed by atoms with E-state index in [-0.39, 0.29) is 18.0 Å². The maximum Gasteiger partial charge on any atom is 0.145 e. The lowest BCUT2D eigenvalue weighted by atomic mass is 9.89. The molecule has 0 saturated carbocycles. The van der Waals surface area contributed by atoms with Crippen molar-refractivity contribution in [3.63, 3.8) is 0 Å². The third-order valence-electron chi connectivity index (χ3n) is 11.3. The number of hydrogen-bond donors (Lipinski definition) is 0. The van der Waals surface area contributed by atoms with Crippen molar-refractivity contribution in [2.45, 2.75) is 50.6 Å². The zero-order valence-electron chi connectivity index (χ0n) is 31.9. The number of para-hydroxylation sites is 3. The van der Waals surface area contributed by atoms with E-state index in [1.807, 2.05) is 6.08 Å². The maximum absolute atomic E-state index is 5.32. The Kier molecular flexibility index (Phi) is 9.86. The Hall–Kier alpha value is -6.52. The van der Waals surface area contributed by atoms with Crippen LogP contribution in [0.4, 0.5) is 0 Å². The number of imidazole rings is 1. The molecule has 0 radical (unpaired) electrons. The van der Waals surface area contributed by atoms with Gasteiger partial charge in [0, 0.05) is 33.9 Å². The molecule has 0 fully saturated rings. The van der Waals surface area contributed by atoms with Gasteiger partial charge in [-0.05, 0) is 67.5 Å². The molecule has 4 aliphatic rings. The van der Waals surface area contributed by atoms with E-state index in [0.717, 1.165) is 76.3 Å². The van der Waals surface area contributed by atoms with Crippen LogP contribution in [0.2, 0.25) is 0 Å². The van der Waals surface area contributed by atoms with E-state index in [1.165, 1.54) is 22.4 Å². The van der Waals surface area contributed by atoms with Crippen LogP contribution in [0, 0.1) is 0 Å². The first-order valence-corrected chi connectivity index (χ1v) is 19.9. The summed E-state index contributed by atoms with van der Waals surface area (Å²) in [5, 5.41) is 0. The molecule has 0 saturated heterocycles. The normalized spacial score (nSPS) is 20.8. The van der Waals surface area contributed by atoms with Gasteiger partial charge in [0.25, 0.3) is 0 Å². The summed E-state index contributed by atoms with van der Waals surface area (Å²) in [6, 6.07) is 37.1. The topological polar surface area (TPSA) is 33.4 Å². The van der Waals surface area contributed by atoms with E-state index in [2.05, 4.69) is 199 Å². The van der Waals surface area contributed by atoms with Crippen molar-refractivity contribution in [3.8, 4) is 5.69 Å². The van der Waals surface area contributed by atoms with E-state index >= 15 is 0 Å². The van der Waals surface area contributed by atoms with Crippen molar-refractivity contribution in [1.29, 1.82) is 0 Å². The molecule has 4 heteroatoms. The number of fused-ring (bicyclic) bond motifs is 2. The average Bonchev–Trinajstić information content (AvgIpc) is 3.72. The molecule has 3 unspecified atom stereocenters. The van der Waals surface area contributed by atoms with Crippen LogP contribution in [0.3, 0.4) is 0 Å². The lowest BCUT2D eigenvalue weighted by Crippen LogP contribution is -2.38. The number of amidine groups is 1. The molecule has 274 valence electrons. The largest absolute Gasteiger partial charge is 0.316 e. The van der Waals surface area contributed by atoms with Gasteiger partial charge in [-0.15, -0.1) is 0 Å². The molecule has 0 spiro atoms. The van der Waals surface area contributed by atoms with E-state index in [1.54, 1.807) is 0 Å². The van der Waals surface area contributed by atoms with E-state index in [4.69, 9.17) is 9.98 Å². The van der Waals surface area contributed by atoms with Crippen LogP contribution < -0.4 is 0 Å². The lowest BCUT2D eigenvalue weighted by Gasteiger charge is -2.32. The fourth-order valence-corrected chi connectivity index (χ4v) is 8.58. The third-order valence-corrected chi connectivity index (χ3v) is 11.3. The second-order valence-electron chi connectivity index (χ2n) is 14.7. The van der Waals surface area contributed by atoms with Crippen LogP contribution in [0.1, 0.15) is 66.6 Å². The summed E-state index contributed by atoms with van der Waals surface area (Å²) in [6.45, 7) is 6.17. The highest BCUT2D eigenvalue weighted by Crippen LogP contribution is 2.39. The molecule has 0 N–H and O–H groups in total. The molecule has 3 atom stereocenters. The van der Waals surface area contributed by atoms with Gasteiger partial charge in [0.05, 0.1) is 28.8 Å². The van der Waals surface area contributed by atoms with Crippen LogP contribution in [-0.4, -0.2) is 32.4 Å². The molecule has 3 aliphatic carbocycles. The van der Waals surface area contributed by atoms with Gasteiger partial charge in [0.15, 0.2) is 0 Å². The average molecular weight is 727 g/mol. The third kappa shape index (κ3) is 6.62. The summed E-state index contributed by atoms with van der Waals surface area (Å²) >= 11 is 0. The highest BCUT2D eigenvalue weighted by Gasteiger charge is 2.37. The summed E-state index contributed by atoms with van der Waals surface area (Å²) in [5.41, 5.74) is 12.9. The molecule has 0 amide bonds. The molecular formula is C52H46N4. The van der Waals surface area contributed by atoms with Crippen molar-refractivity contribution in [2.24, 2.45) is 4.99 Å². The highest BCUT2D eigenvalue weighted by atomic mass is 15.3. The van der Waals surface area contributed by atoms with Crippen LogP contribution in [0.15, 0.2) is 199 Å². The van der Waals surface area contributed by atoms with Gasteiger partial charge in [-0.2, -0.15) is 0 Å². The summed E-state index contributed by atoms with van der Waals surface area (Å²) in [7, 11) is 0. The summed E-state index contributed by atoms with van der Waals surface area (Å²) in [4.78, 5) is 13.0. The summed E-state index contributed by atoms with van der Waals surface area (Å²) < 4.78 is 2.37. The second-order valence-corrected chi connectivity index (χ2v) is 14.7. The van der Waals surface area contributed by atoms with Gasteiger partial charge < -0.3 is 4.90 Å². The van der Waals surface area contributed by atoms with E-state index < -0.39 is 0 Å². The number of allylic oxidation sites excluding steroid dienone is 14. The maximum atomic E-state index is 5.32. The fourth-order valence-electron chi connectivity index (χ4n) is 8.58. The minimum absolute atomic E-state index is 0.0483. The molecule has 9 rings (SSSR count). The Morgan fingerprint density at radius 1 is 0.839 bits per heavy atom. The van der Waals surface area contributed by atoms with Crippen LogP contribution in [0.25, 0.3) is 33.4 Å². The first kappa shape index (κ1) is 35.2. The Morgan fingerprint density at radius 3 is 2.46 bits per heavy atom. The Morgan fingerprint density at radius 2 is 1.64 bits per heavy atom. The monoisotopic (exact) mass is 726 g/mol. The SMILES string of the molecule is C=C/C=C(\C(=C/C)N1C(c2ccc(C3C=CC(c4nc5ccccc5n4-c4ccccc4C4=CC=CCCC4)=CC3)cc2)=NC2C=CC=CC21)c1ccccc1. The number of nitrogens with zero attached hydrogens (tertiary/aromatic N) is 4. The van der Waals surface area contributed by atoms with Gasteiger partial charge in [-0.1, -0.05) is 170 Å². The lowest BCUT2D eigenvalue weighted by molar-refractivity contribution is 0.457. The molecule has 1 aliphatic heterocycles. The number of rotatable bonds is 9. The Bertz CT molecular complexity index is 2560. The molecular weight excluding hydrogens is 681 g/mol. The number of aromatic nitrogens is 2. The number of benzene rings is 4. The van der Waals surface area contributed by atoms with Crippen molar-refractivity contribution < 1.29 is 0 Å². The van der Waals surface area contributed by atoms with Crippen molar-refractivity contribution in [2.75, 3.05) is 0 Å². The van der Waals surface area contributed by atoms with Gasteiger partial charge in [0.1, 0.15) is 11.7 Å². The fraction of sp³-hybridized carbons (Fsp3) is 0.154. The molecule has 4 aromatic carbocycles. The van der Waals surface area contributed by atoms with Crippen LogP contribution in [0.5, 0.6) is 0 Å². The zero-order chi connectivity index (χ0) is 37.8. The van der Waals surface area contributed by atoms with E-state index in [0.29, 0.717) is 0 Å². The minimum Gasteiger partial charge on any atom is -0.316 e. The van der Waals surface area contributed by atoms with Crippen molar-refractivity contribution in [3.05, 3.63) is 222 Å². The number of aliphatic imine (C=N–C) groups is 1. The second kappa shape index (κ2) is 15.7. The Balaban J connectivity index is 1.01. The van der Waals surface area contributed by atoms with Gasteiger partial charge >= 0.3 is 0 Å². The molecule has 4 nitrogen and oxygen atoms in total. The standard InChI is InChI=1S/C52H46N4/c1-3-18-43(39-21-10-7-11-22-39)47(4-2)55-49-27-16-13-24-45(49)53-51(55)41-33-29-37(30-34-41)38-31-35-42(36-32-38)52-54-46-25-14-17-28-50(46)56(52)48-26-15-12-23-44(48)40-19-8-5-6-9-20-40/h3-5,7-8,10-19,21-31,33-36,38,45,49H,1,6,9,20,32H2,2H3/b43-18-,47-4+. The van der Waals surface area contributed by atoms with Crippen molar-refractivity contribution >= 4 is 33.6 Å². The molecule has 2 heterocycles. The first-order valence-electron chi connectivity index (χ1n) is 19.9. The molecule has 0 bridgehead atoms. The first-order chi connectivity index (χ1) is 27.7. The Labute approximate surface area is 330 Å². The summed E-state index contributed by atoms with van der Waals surface area (Å²) in [5.74, 6) is 2.23. The summed E-state index contributed by atoms with van der Waals surface area (Å²) in [6.07, 6.45) is 32.9. The molecule has 56 heavy (non-hydrogen) atoms. The van der Waals surface area contributed by atoms with Crippen LogP contribution >= 0.6 is 0 Å². The zero-order valence-corrected chi connectivity index (χ0v) is 31.9. The predicted octanol–water partition coefficient (Wildman–Crippen LogP) is 12.4. The highest BCUT2D eigenvalue weighted by molar-refractivity contribution is 6.04. The van der Waals surface area contributed by atoms with E-state index in [9.17, 15) is 0 Å². The van der Waals surface area contributed by atoms with Gasteiger partial charge in [-0.3, -0.25) is 9.56 Å². The smallest absolute Gasteiger partial charge is 0.145 e. The molecule has 5 aromatic rings. The van der Waals surface area contributed by atoms with Gasteiger partial charge in [-0.25, -0.2) is 4.98 Å². The number of hydrogen-bond acceptors (Lipinski definition) is 3. The van der Waals surface area contributed by atoms with Gasteiger partial charge in [0.2, 0.25) is 0 Å². The minimum atomic E-state index is 0.0483. The molecule has 1 aromatic heterocycles. The quantitative estimate of drug-likeness (QED) is 0.142. The van der Waals surface area contributed by atoms with Crippen LogP contribution in [-0.2, 0) is 0 Å².